The average molecular weight is 566 g/mol. The Bertz CT molecular complexity index is 1450. The number of aryl methyl sites for hydroxylation is 2. The van der Waals surface area contributed by atoms with Crippen LogP contribution in [0, 0.1) is 46.3 Å². The Morgan fingerprint density at radius 2 is 1.56 bits per heavy atom. The van der Waals surface area contributed by atoms with Crippen LogP contribution in [0.5, 0.6) is 0 Å². The molecule has 0 heterocycles. The molecule has 6 heteroatoms. The summed E-state index contributed by atoms with van der Waals surface area (Å²) in [5.41, 5.74) is 3.03. The summed E-state index contributed by atoms with van der Waals surface area (Å²) in [5, 5.41) is 8.93. The summed E-state index contributed by atoms with van der Waals surface area (Å²) in [6, 6.07) is 11.4. The Hall–Kier alpha value is -3.20. The summed E-state index contributed by atoms with van der Waals surface area (Å²) in [4.78, 5) is 0. The zero-order chi connectivity index (χ0) is 29.1. The van der Waals surface area contributed by atoms with E-state index in [1.807, 2.05) is 12.1 Å². The molecule has 3 aromatic rings. The van der Waals surface area contributed by atoms with Crippen molar-refractivity contribution in [1.29, 1.82) is 5.26 Å². The second kappa shape index (κ2) is 12.8. The van der Waals surface area contributed by atoms with Gasteiger partial charge in [0.25, 0.3) is 0 Å². The molecule has 3 aromatic carbocycles. The van der Waals surface area contributed by atoms with Crippen LogP contribution in [0.15, 0.2) is 36.4 Å². The van der Waals surface area contributed by atoms with E-state index in [2.05, 4.69) is 6.92 Å². The molecule has 2 aliphatic carbocycles. The van der Waals surface area contributed by atoms with Crippen LogP contribution in [0.25, 0.3) is 0 Å². The predicted octanol–water partition coefficient (Wildman–Crippen LogP) is 9.78. The Kier molecular flexibility index (Phi) is 9.12. The lowest BCUT2D eigenvalue weighted by atomic mass is 9.74. The number of halogens is 5. The minimum absolute atomic E-state index is 0.123. The van der Waals surface area contributed by atoms with Crippen molar-refractivity contribution in [1.82, 2.24) is 0 Å². The molecule has 1 nitrogen and oxygen atoms in total. The molecule has 1 saturated carbocycles. The number of nitriles is 1. The third-order valence-corrected chi connectivity index (χ3v) is 9.32. The van der Waals surface area contributed by atoms with Gasteiger partial charge in [-0.1, -0.05) is 31.5 Å². The van der Waals surface area contributed by atoms with Crippen LogP contribution >= 0.6 is 0 Å². The molecule has 0 spiro atoms. The van der Waals surface area contributed by atoms with Crippen molar-refractivity contribution in [3.63, 3.8) is 0 Å². The molecule has 2 aliphatic rings. The lowest BCUT2D eigenvalue weighted by Gasteiger charge is -2.32. The highest BCUT2D eigenvalue weighted by molar-refractivity contribution is 5.40. The highest BCUT2D eigenvalue weighted by Crippen LogP contribution is 2.44. The zero-order valence-electron chi connectivity index (χ0n) is 23.5. The van der Waals surface area contributed by atoms with Crippen molar-refractivity contribution in [2.45, 2.75) is 95.8 Å². The van der Waals surface area contributed by atoms with Gasteiger partial charge in [0.2, 0.25) is 0 Å². The summed E-state index contributed by atoms with van der Waals surface area (Å²) in [5.74, 6) is -3.62. The normalized spacial score (nSPS) is 20.5. The molecule has 0 amide bonds. The number of nitrogens with zero attached hydrogens (tertiary/aromatic N) is 1. The van der Waals surface area contributed by atoms with E-state index >= 15 is 8.78 Å². The Balaban J connectivity index is 1.23. The van der Waals surface area contributed by atoms with Gasteiger partial charge in [0.15, 0.2) is 11.6 Å². The second-order valence-corrected chi connectivity index (χ2v) is 11.9. The molecular weight excluding hydrogens is 529 g/mol. The number of fused-ring (bicyclic) bond motifs is 1. The molecule has 216 valence electrons. The molecule has 1 unspecified atom stereocenters. The third kappa shape index (κ3) is 6.20. The second-order valence-electron chi connectivity index (χ2n) is 11.9. The minimum atomic E-state index is -1.14. The lowest BCUT2D eigenvalue weighted by molar-refractivity contribution is 0.360. The van der Waals surface area contributed by atoms with E-state index in [1.54, 1.807) is 12.1 Å². The van der Waals surface area contributed by atoms with E-state index in [-0.39, 0.29) is 40.3 Å². The first kappa shape index (κ1) is 29.3. The van der Waals surface area contributed by atoms with Crippen LogP contribution in [0.1, 0.15) is 109 Å². The van der Waals surface area contributed by atoms with Gasteiger partial charge in [-0.15, -0.1) is 0 Å². The quantitative estimate of drug-likeness (QED) is 0.249. The van der Waals surface area contributed by atoms with Crippen LogP contribution in [0.3, 0.4) is 0 Å². The van der Waals surface area contributed by atoms with E-state index in [4.69, 9.17) is 5.26 Å². The first-order chi connectivity index (χ1) is 19.8. The van der Waals surface area contributed by atoms with Crippen molar-refractivity contribution in [2.75, 3.05) is 0 Å². The molecule has 0 aromatic heterocycles. The first-order valence-corrected chi connectivity index (χ1v) is 15.0. The van der Waals surface area contributed by atoms with Crippen LogP contribution in [-0.4, -0.2) is 0 Å². The molecule has 5 rings (SSSR count). The largest absolute Gasteiger partial charge is 0.207 e. The molecule has 0 N–H and O–H groups in total. The van der Waals surface area contributed by atoms with Gasteiger partial charge < -0.3 is 0 Å². The molecule has 0 saturated heterocycles. The maximum absolute atomic E-state index is 15.7. The highest BCUT2D eigenvalue weighted by Gasteiger charge is 2.32. The maximum Gasteiger partial charge on any atom is 0.176 e. The molecule has 1 fully saturated rings. The van der Waals surface area contributed by atoms with Crippen LogP contribution in [-0.2, 0) is 25.7 Å². The molecule has 0 aliphatic heterocycles. The van der Waals surface area contributed by atoms with Gasteiger partial charge in [-0.25, -0.2) is 22.0 Å². The van der Waals surface area contributed by atoms with E-state index in [9.17, 15) is 13.2 Å². The van der Waals surface area contributed by atoms with Crippen LogP contribution in [0.2, 0.25) is 0 Å². The molecule has 0 radical (unpaired) electrons. The Morgan fingerprint density at radius 1 is 0.805 bits per heavy atom. The fraction of sp³-hybridized carbons (Fsp3) is 0.457. The third-order valence-electron chi connectivity index (χ3n) is 9.32. The minimum Gasteiger partial charge on any atom is -0.207 e. The molecule has 0 bridgehead atoms. The standard InChI is InChI=1S/C35H36F5N/c1-2-3-4-21-5-8-24(30(36)18-21)9-6-22-7-15-29-27(17-22)19-31(37)32(34(29)39)25-12-10-23(11-13-25)28-16-14-26(20-41)33(38)35(28)40/h5,8,14,16,18-19,22-23,25H,2-4,6-7,9-13,15,17H2,1H3. The smallest absolute Gasteiger partial charge is 0.176 e. The first-order valence-electron chi connectivity index (χ1n) is 15.0. The van der Waals surface area contributed by atoms with Gasteiger partial charge in [0.1, 0.15) is 23.5 Å². The fourth-order valence-corrected chi connectivity index (χ4v) is 6.91. The summed E-state index contributed by atoms with van der Waals surface area (Å²) in [6.45, 7) is 2.12. The Morgan fingerprint density at radius 3 is 2.27 bits per heavy atom. The van der Waals surface area contributed by atoms with Gasteiger partial charge in [0, 0.05) is 5.56 Å². The highest BCUT2D eigenvalue weighted by atomic mass is 19.2. The predicted molar refractivity (Wildman–Crippen MR) is 150 cm³/mol. The number of hydrogen-bond acceptors (Lipinski definition) is 1. The molecule has 1 atom stereocenters. The number of hydrogen-bond donors (Lipinski definition) is 0. The van der Waals surface area contributed by atoms with Gasteiger partial charge >= 0.3 is 0 Å². The zero-order valence-corrected chi connectivity index (χ0v) is 23.5. The van der Waals surface area contributed by atoms with Crippen molar-refractivity contribution >= 4 is 0 Å². The van der Waals surface area contributed by atoms with Gasteiger partial charge in [0.05, 0.1) is 5.56 Å². The molecule has 41 heavy (non-hydrogen) atoms. The monoisotopic (exact) mass is 565 g/mol. The average Bonchev–Trinajstić information content (AvgIpc) is 2.97. The van der Waals surface area contributed by atoms with Crippen molar-refractivity contribution < 1.29 is 22.0 Å². The van der Waals surface area contributed by atoms with Gasteiger partial charge in [-0.2, -0.15) is 5.26 Å². The number of benzene rings is 3. The van der Waals surface area contributed by atoms with Crippen molar-refractivity contribution in [3.8, 4) is 6.07 Å². The van der Waals surface area contributed by atoms with Crippen LogP contribution in [0.4, 0.5) is 22.0 Å². The van der Waals surface area contributed by atoms with Crippen molar-refractivity contribution in [3.05, 3.63) is 104 Å². The van der Waals surface area contributed by atoms with E-state index < -0.39 is 23.3 Å². The summed E-state index contributed by atoms with van der Waals surface area (Å²) in [7, 11) is 0. The van der Waals surface area contributed by atoms with Crippen molar-refractivity contribution in [2.24, 2.45) is 5.92 Å². The fourth-order valence-electron chi connectivity index (χ4n) is 6.91. The lowest BCUT2D eigenvalue weighted by Crippen LogP contribution is -2.21. The van der Waals surface area contributed by atoms with E-state index in [0.29, 0.717) is 61.6 Å². The number of rotatable bonds is 8. The SMILES string of the molecule is CCCCc1ccc(CCC2CCc3c(cc(F)c(C4CCC(c5ccc(C#N)c(F)c5F)CC4)c3F)C2)c(F)c1. The van der Waals surface area contributed by atoms with E-state index in [0.717, 1.165) is 37.7 Å². The van der Waals surface area contributed by atoms with Gasteiger partial charge in [-0.3, -0.25) is 0 Å². The summed E-state index contributed by atoms with van der Waals surface area (Å²) in [6.07, 6.45) is 8.18. The summed E-state index contributed by atoms with van der Waals surface area (Å²) < 4.78 is 74.5. The maximum atomic E-state index is 15.7. The van der Waals surface area contributed by atoms with Crippen LogP contribution < -0.4 is 0 Å². The number of unbranched alkanes of at least 4 members (excludes halogenated alkanes) is 1. The summed E-state index contributed by atoms with van der Waals surface area (Å²) >= 11 is 0. The molecular formula is C35H36F5N. The Labute approximate surface area is 239 Å². The topological polar surface area (TPSA) is 23.8 Å². The van der Waals surface area contributed by atoms with E-state index in [1.165, 1.54) is 18.2 Å². The van der Waals surface area contributed by atoms with Gasteiger partial charge in [-0.05, 0) is 134 Å².